The largest absolute Gasteiger partial charge is 0.330 e. The molecule has 0 aromatic heterocycles. The van der Waals surface area contributed by atoms with E-state index in [4.69, 9.17) is 5.73 Å². The van der Waals surface area contributed by atoms with E-state index in [0.29, 0.717) is 0 Å². The minimum atomic E-state index is 0.737. The molecule has 1 saturated heterocycles. The predicted octanol–water partition coefficient (Wildman–Crippen LogP) is 2.34. The minimum Gasteiger partial charge on any atom is -0.330 e. The third kappa shape index (κ3) is 4.98. The van der Waals surface area contributed by atoms with Crippen LogP contribution in [0.1, 0.15) is 40.0 Å². The fourth-order valence-electron chi connectivity index (χ4n) is 2.59. The lowest BCUT2D eigenvalue weighted by Crippen LogP contribution is -2.26. The summed E-state index contributed by atoms with van der Waals surface area (Å²) in [4.78, 5) is 2.60. The molecule has 1 aliphatic rings. The van der Waals surface area contributed by atoms with Gasteiger partial charge in [-0.3, -0.25) is 0 Å². The van der Waals surface area contributed by atoms with Crippen LogP contribution in [-0.2, 0) is 0 Å². The third-order valence-electron chi connectivity index (χ3n) is 3.50. The molecule has 2 N–H and O–H groups in total. The van der Waals surface area contributed by atoms with Crippen molar-refractivity contribution in [3.8, 4) is 0 Å². The van der Waals surface area contributed by atoms with Crippen molar-refractivity contribution in [1.29, 1.82) is 0 Å². The Labute approximate surface area is 95.2 Å². The summed E-state index contributed by atoms with van der Waals surface area (Å²) in [6.45, 7) is 11.7. The fourth-order valence-corrected chi connectivity index (χ4v) is 2.59. The number of nitrogens with zero attached hydrogens (tertiary/aromatic N) is 1. The first-order valence-electron chi connectivity index (χ1n) is 6.54. The van der Waals surface area contributed by atoms with Crippen molar-refractivity contribution in [2.45, 2.75) is 40.0 Å². The van der Waals surface area contributed by atoms with E-state index in [1.165, 1.54) is 38.9 Å². The van der Waals surface area contributed by atoms with Gasteiger partial charge in [0.25, 0.3) is 0 Å². The number of nitrogens with two attached hydrogens (primary N) is 1. The number of hydrogen-bond acceptors (Lipinski definition) is 2. The normalized spacial score (nSPS) is 25.0. The van der Waals surface area contributed by atoms with Crippen molar-refractivity contribution in [2.75, 3.05) is 26.2 Å². The molecule has 0 saturated carbocycles. The Morgan fingerprint density at radius 3 is 2.60 bits per heavy atom. The highest BCUT2D eigenvalue weighted by Gasteiger charge is 2.19. The Balaban J connectivity index is 2.16. The van der Waals surface area contributed by atoms with Crippen molar-refractivity contribution in [3.05, 3.63) is 0 Å². The topological polar surface area (TPSA) is 29.3 Å². The highest BCUT2D eigenvalue weighted by molar-refractivity contribution is 4.73. The lowest BCUT2D eigenvalue weighted by molar-refractivity contribution is 0.280. The van der Waals surface area contributed by atoms with Crippen LogP contribution in [0.2, 0.25) is 0 Å². The molecule has 0 radical (unpaired) electrons. The minimum absolute atomic E-state index is 0.737. The first-order valence-corrected chi connectivity index (χ1v) is 6.54. The van der Waals surface area contributed by atoms with Crippen molar-refractivity contribution < 1.29 is 0 Å². The van der Waals surface area contributed by atoms with Gasteiger partial charge in [-0.25, -0.2) is 0 Å². The molecule has 2 unspecified atom stereocenters. The summed E-state index contributed by atoms with van der Waals surface area (Å²) < 4.78 is 0. The maximum Gasteiger partial charge on any atom is 0.000750 e. The highest BCUT2D eigenvalue weighted by atomic mass is 15.1. The molecule has 0 aliphatic carbocycles. The first kappa shape index (κ1) is 13.0. The molecular weight excluding hydrogens is 184 g/mol. The second-order valence-electron chi connectivity index (χ2n) is 5.71. The lowest BCUT2D eigenvalue weighted by atomic mass is 9.94. The summed E-state index contributed by atoms with van der Waals surface area (Å²) in [5, 5.41) is 0. The summed E-state index contributed by atoms with van der Waals surface area (Å²) in [6.07, 6.45) is 3.97. The summed E-state index contributed by atoms with van der Waals surface area (Å²) in [7, 11) is 0. The Kier molecular flexibility index (Phi) is 5.62. The van der Waals surface area contributed by atoms with Crippen LogP contribution in [0, 0.1) is 17.8 Å². The molecule has 1 aliphatic heterocycles. The molecule has 15 heavy (non-hydrogen) atoms. The zero-order valence-electron chi connectivity index (χ0n) is 10.7. The number of hydrogen-bond donors (Lipinski definition) is 1. The van der Waals surface area contributed by atoms with Crippen LogP contribution in [0.5, 0.6) is 0 Å². The zero-order valence-corrected chi connectivity index (χ0v) is 10.7. The van der Waals surface area contributed by atoms with E-state index in [1.807, 2.05) is 0 Å². The van der Waals surface area contributed by atoms with Gasteiger partial charge in [-0.2, -0.15) is 0 Å². The van der Waals surface area contributed by atoms with Gasteiger partial charge in [-0.1, -0.05) is 20.8 Å². The fraction of sp³-hybridized carbons (Fsp3) is 1.00. The molecule has 0 aromatic rings. The maximum atomic E-state index is 5.81. The van der Waals surface area contributed by atoms with E-state index in [-0.39, 0.29) is 0 Å². The summed E-state index contributed by atoms with van der Waals surface area (Å²) in [5.41, 5.74) is 5.81. The average molecular weight is 212 g/mol. The van der Waals surface area contributed by atoms with E-state index in [9.17, 15) is 0 Å². The van der Waals surface area contributed by atoms with E-state index in [0.717, 1.165) is 24.3 Å². The van der Waals surface area contributed by atoms with Crippen molar-refractivity contribution >= 4 is 0 Å². The molecule has 0 amide bonds. The third-order valence-corrected chi connectivity index (χ3v) is 3.50. The summed E-state index contributed by atoms with van der Waals surface area (Å²) >= 11 is 0. The van der Waals surface area contributed by atoms with Crippen molar-refractivity contribution in [3.63, 3.8) is 0 Å². The van der Waals surface area contributed by atoms with Gasteiger partial charge in [0.15, 0.2) is 0 Å². The van der Waals surface area contributed by atoms with Crippen molar-refractivity contribution in [2.24, 2.45) is 23.5 Å². The molecule has 0 spiro atoms. The Morgan fingerprint density at radius 2 is 2.13 bits per heavy atom. The van der Waals surface area contributed by atoms with Crippen LogP contribution in [0.25, 0.3) is 0 Å². The molecular formula is C13H28N2. The van der Waals surface area contributed by atoms with Crippen LogP contribution in [0.15, 0.2) is 0 Å². The molecule has 90 valence electrons. The van der Waals surface area contributed by atoms with Crippen LogP contribution in [-0.4, -0.2) is 31.1 Å². The second-order valence-corrected chi connectivity index (χ2v) is 5.71. The summed E-state index contributed by atoms with van der Waals surface area (Å²) in [6, 6.07) is 0. The number of likely N-dealkylation sites (tertiary alicyclic amines) is 1. The van der Waals surface area contributed by atoms with E-state index in [2.05, 4.69) is 25.7 Å². The Hall–Kier alpha value is -0.0800. The highest BCUT2D eigenvalue weighted by Crippen LogP contribution is 2.19. The van der Waals surface area contributed by atoms with Gasteiger partial charge < -0.3 is 10.6 Å². The molecule has 0 aromatic carbocycles. The van der Waals surface area contributed by atoms with Gasteiger partial charge in [-0.05, 0) is 56.7 Å². The quantitative estimate of drug-likeness (QED) is 0.732. The molecule has 2 nitrogen and oxygen atoms in total. The van der Waals surface area contributed by atoms with Gasteiger partial charge in [0.1, 0.15) is 0 Å². The van der Waals surface area contributed by atoms with Crippen molar-refractivity contribution in [1.82, 2.24) is 4.90 Å². The smallest absolute Gasteiger partial charge is 0.000750 e. The molecule has 2 heteroatoms. The molecule has 1 rings (SSSR count). The van der Waals surface area contributed by atoms with E-state index in [1.54, 1.807) is 0 Å². The van der Waals surface area contributed by atoms with Crippen LogP contribution in [0.3, 0.4) is 0 Å². The average Bonchev–Trinajstić information content (AvgIpc) is 2.58. The molecule has 1 heterocycles. The van der Waals surface area contributed by atoms with Gasteiger partial charge >= 0.3 is 0 Å². The lowest BCUT2D eigenvalue weighted by Gasteiger charge is -2.21. The van der Waals surface area contributed by atoms with E-state index >= 15 is 0 Å². The van der Waals surface area contributed by atoms with Gasteiger partial charge in [0.05, 0.1) is 0 Å². The first-order chi connectivity index (χ1) is 7.11. The molecule has 0 bridgehead atoms. The van der Waals surface area contributed by atoms with Gasteiger partial charge in [0, 0.05) is 6.54 Å². The summed E-state index contributed by atoms with van der Waals surface area (Å²) in [5.74, 6) is 2.43. The number of rotatable bonds is 6. The predicted molar refractivity (Wildman–Crippen MR) is 66.8 cm³/mol. The van der Waals surface area contributed by atoms with Crippen LogP contribution in [0.4, 0.5) is 0 Å². The molecule has 2 atom stereocenters. The van der Waals surface area contributed by atoms with Gasteiger partial charge in [-0.15, -0.1) is 0 Å². The van der Waals surface area contributed by atoms with Crippen LogP contribution >= 0.6 is 0 Å². The Bertz CT molecular complexity index is 168. The SMILES string of the molecule is CC(C)CC(CN)CCN1CCC(C)C1. The monoisotopic (exact) mass is 212 g/mol. The second kappa shape index (κ2) is 6.49. The van der Waals surface area contributed by atoms with Gasteiger partial charge in [0.2, 0.25) is 0 Å². The van der Waals surface area contributed by atoms with Crippen LogP contribution < -0.4 is 5.73 Å². The molecule has 1 fully saturated rings. The standard InChI is InChI=1S/C13H28N2/c1-11(2)8-13(9-14)5-7-15-6-4-12(3)10-15/h11-13H,4-10,14H2,1-3H3. The van der Waals surface area contributed by atoms with E-state index < -0.39 is 0 Å². The Morgan fingerprint density at radius 1 is 1.40 bits per heavy atom. The zero-order chi connectivity index (χ0) is 11.3. The maximum absolute atomic E-state index is 5.81.